The molecular formula is C82H86F8N16O6. The number of aromatic nitrogens is 12. The molecule has 0 bridgehead atoms. The Morgan fingerprint density at radius 1 is 0.429 bits per heavy atom. The molecule has 6 aromatic heterocycles. The van der Waals surface area contributed by atoms with Crippen LogP contribution < -0.4 is 31.0 Å². The molecule has 0 aliphatic carbocycles. The number of alkyl halides is 4. The van der Waals surface area contributed by atoms with E-state index in [2.05, 4.69) is 70.7 Å². The topological polar surface area (TPSA) is 235 Å². The van der Waals surface area contributed by atoms with Crippen molar-refractivity contribution in [3.05, 3.63) is 286 Å². The highest BCUT2D eigenvalue weighted by atomic mass is 19.3. The third-order valence-electron chi connectivity index (χ3n) is 20.7. The van der Waals surface area contributed by atoms with Gasteiger partial charge in [-0.2, -0.15) is 38.0 Å². The molecule has 0 spiro atoms. The Kier molecular flexibility index (Phi) is 24.2. The first kappa shape index (κ1) is 79.9. The van der Waals surface area contributed by atoms with Gasteiger partial charge in [-0.3, -0.25) is 19.3 Å². The van der Waals surface area contributed by atoms with Gasteiger partial charge in [-0.1, -0.05) is 64.1 Å². The largest absolute Gasteiger partial charge is 0.400 e. The number of benzene rings is 6. The Morgan fingerprint density at radius 3 is 1.04 bits per heavy atom. The predicted molar refractivity (Wildman–Crippen MR) is 410 cm³/mol. The number of hydrogen-bond donors (Lipinski definition) is 4. The number of halogens is 8. The molecule has 2 aliphatic heterocycles. The molecule has 4 N–H and O–H groups in total. The molecule has 2 aliphatic rings. The number of hydrogen-bond acceptors (Lipinski definition) is 16. The number of piperazine rings is 2. The van der Waals surface area contributed by atoms with Gasteiger partial charge in [0.1, 0.15) is 47.3 Å². The average Bonchev–Trinajstić information content (AvgIpc) is 1.09. The van der Waals surface area contributed by atoms with Crippen molar-refractivity contribution in [3.8, 4) is 33.6 Å². The highest BCUT2D eigenvalue weighted by Crippen LogP contribution is 2.49. The van der Waals surface area contributed by atoms with E-state index in [0.717, 1.165) is 151 Å². The minimum atomic E-state index is -4.11. The number of nitrogens with zero attached hydrogens (tertiary/aromatic N) is 16. The Morgan fingerprint density at radius 2 is 0.750 bits per heavy atom. The smallest absolute Gasteiger partial charge is 0.350 e. The lowest BCUT2D eigenvalue weighted by Gasteiger charge is -2.37. The van der Waals surface area contributed by atoms with Crippen molar-refractivity contribution in [1.29, 1.82) is 0 Å². The summed E-state index contributed by atoms with van der Waals surface area (Å²) in [5.41, 5.74) is -1.69. The minimum Gasteiger partial charge on any atom is -0.400 e. The van der Waals surface area contributed by atoms with Crippen LogP contribution in [0.5, 0.6) is 0 Å². The van der Waals surface area contributed by atoms with Crippen LogP contribution in [-0.4, -0.2) is 144 Å². The molecule has 6 aromatic carbocycles. The van der Waals surface area contributed by atoms with Crippen LogP contribution in [0.3, 0.4) is 0 Å². The number of aliphatic hydroxyl groups excluding tert-OH is 2. The second-order valence-corrected chi connectivity index (χ2v) is 27.9. The summed E-state index contributed by atoms with van der Waals surface area (Å²) in [5, 5.41) is 56.5. The first-order valence-corrected chi connectivity index (χ1v) is 36.6. The summed E-state index contributed by atoms with van der Waals surface area (Å²) < 4.78 is 130. The second-order valence-electron chi connectivity index (χ2n) is 27.9. The van der Waals surface area contributed by atoms with E-state index in [-0.39, 0.29) is 17.4 Å². The Hall–Kier alpha value is -11.6. The number of anilines is 4. The monoisotopic (exact) mass is 1540 g/mol. The molecule has 0 radical (unpaired) electrons. The summed E-state index contributed by atoms with van der Waals surface area (Å²) in [6, 6.07) is 43.0. The zero-order chi connectivity index (χ0) is 79.8. The molecular weight excluding hydrogens is 1460 g/mol. The third kappa shape index (κ3) is 16.4. The summed E-state index contributed by atoms with van der Waals surface area (Å²) >= 11 is 0. The van der Waals surface area contributed by atoms with Gasteiger partial charge in [-0.05, 0) is 158 Å². The van der Waals surface area contributed by atoms with Gasteiger partial charge in [0.2, 0.25) is 0 Å². The van der Waals surface area contributed by atoms with Crippen LogP contribution in [0, 0.1) is 29.2 Å². The van der Waals surface area contributed by atoms with Crippen LogP contribution in [-0.2, 0) is 36.1 Å². The van der Waals surface area contributed by atoms with E-state index >= 15 is 17.6 Å². The Balaban J connectivity index is 0.000000203. The van der Waals surface area contributed by atoms with Crippen LogP contribution in [0.25, 0.3) is 33.6 Å². The summed E-state index contributed by atoms with van der Waals surface area (Å²) in [5.74, 6) is -12.5. The lowest BCUT2D eigenvalue weighted by molar-refractivity contribution is -0.207. The molecule has 14 rings (SSSR count). The molecule has 2 saturated heterocycles. The van der Waals surface area contributed by atoms with Gasteiger partial charge >= 0.3 is 23.2 Å². The van der Waals surface area contributed by atoms with Crippen LogP contribution >= 0.6 is 0 Å². The van der Waals surface area contributed by atoms with Crippen molar-refractivity contribution >= 4 is 22.7 Å². The number of aliphatic hydroxyl groups is 4. The van der Waals surface area contributed by atoms with Gasteiger partial charge in [0.25, 0.3) is 0 Å². The first-order valence-electron chi connectivity index (χ1n) is 36.6. The van der Waals surface area contributed by atoms with E-state index in [1.54, 1.807) is 22.5 Å². The highest BCUT2D eigenvalue weighted by molar-refractivity contribution is 5.68. The van der Waals surface area contributed by atoms with Crippen LogP contribution in [0.1, 0.15) is 82.1 Å². The Labute approximate surface area is 640 Å². The SMILES string of the molecule is CC[C@@H](C(C)C)n1ncn(-c2ccc(N3CCN(c4ccc(-c5ccc(C(F)(F)C(O)(Cn6cccn6)c6ccc(F)cc6F)nc5)cc4)CC3)cc2)c1=O.CC[C@@H]([C@H](C)O)n1ncn(-c2ccc(N3CCN(c4ccc(-c5ccc(C(F)(F)C(O)(Cn6cccn6)c6ccc(F)cc6F)nc5)cc4)CC3)cc2)c1=O.CO. The lowest BCUT2D eigenvalue weighted by atomic mass is 9.84. The maximum Gasteiger partial charge on any atom is 0.350 e. The molecule has 8 heterocycles. The number of rotatable bonds is 24. The highest BCUT2D eigenvalue weighted by Gasteiger charge is 2.59. The van der Waals surface area contributed by atoms with Crippen LogP contribution in [0.2, 0.25) is 0 Å². The molecule has 30 heteroatoms. The molecule has 2 fully saturated rings. The van der Waals surface area contributed by atoms with Crippen LogP contribution in [0.15, 0.2) is 229 Å². The quantitative estimate of drug-likeness (QED) is 0.0412. The Bertz CT molecular complexity index is 4860. The van der Waals surface area contributed by atoms with Crippen molar-refractivity contribution < 1.29 is 55.5 Å². The van der Waals surface area contributed by atoms with Gasteiger partial charge in [0.05, 0.1) is 42.7 Å². The van der Waals surface area contributed by atoms with Crippen molar-refractivity contribution in [1.82, 2.24) is 58.2 Å². The first-order chi connectivity index (χ1) is 53.8. The molecule has 0 amide bonds. The number of pyridine rings is 2. The van der Waals surface area contributed by atoms with Crippen molar-refractivity contribution in [2.24, 2.45) is 5.92 Å². The molecule has 2 unspecified atom stereocenters. The van der Waals surface area contributed by atoms with E-state index in [1.165, 1.54) is 77.0 Å². The van der Waals surface area contributed by atoms with Gasteiger partial charge in [0, 0.05) is 154 Å². The molecule has 22 nitrogen and oxygen atoms in total. The zero-order valence-electron chi connectivity index (χ0n) is 62.4. The van der Waals surface area contributed by atoms with E-state index in [9.17, 15) is 42.5 Å². The molecule has 586 valence electrons. The van der Waals surface area contributed by atoms with E-state index in [1.807, 2.05) is 104 Å². The summed E-state index contributed by atoms with van der Waals surface area (Å²) in [6.45, 7) is 14.3. The maximum atomic E-state index is 16.2. The van der Waals surface area contributed by atoms with Gasteiger partial charge < -0.3 is 40.0 Å². The molecule has 5 atom stereocenters. The van der Waals surface area contributed by atoms with Crippen LogP contribution in [0.4, 0.5) is 57.9 Å². The maximum absolute atomic E-state index is 16.2. The van der Waals surface area contributed by atoms with E-state index in [0.29, 0.717) is 41.3 Å². The minimum absolute atomic E-state index is 0.0448. The average molecular weight is 1540 g/mol. The fourth-order valence-electron chi connectivity index (χ4n) is 14.4. The predicted octanol–water partition coefficient (Wildman–Crippen LogP) is 12.7. The fraction of sp³-hybridized carbons (Fsp3) is 0.317. The zero-order valence-corrected chi connectivity index (χ0v) is 62.4. The molecule has 112 heavy (non-hydrogen) atoms. The van der Waals surface area contributed by atoms with Crippen molar-refractivity contribution in [3.63, 3.8) is 0 Å². The molecule has 12 aromatic rings. The van der Waals surface area contributed by atoms with Gasteiger partial charge in [-0.15, -0.1) is 0 Å². The van der Waals surface area contributed by atoms with Crippen molar-refractivity contribution in [2.45, 2.75) is 102 Å². The molecule has 0 saturated carbocycles. The summed E-state index contributed by atoms with van der Waals surface area (Å²) in [4.78, 5) is 43.2. The van der Waals surface area contributed by atoms with Gasteiger partial charge in [0.15, 0.2) is 11.2 Å². The fourth-order valence-corrected chi connectivity index (χ4v) is 14.4. The normalized spacial score (nSPS) is 15.4. The lowest BCUT2D eigenvalue weighted by Crippen LogP contribution is -2.48. The van der Waals surface area contributed by atoms with Crippen molar-refractivity contribution in [2.75, 3.05) is 79.1 Å². The van der Waals surface area contributed by atoms with E-state index < -0.39 is 94.1 Å². The van der Waals surface area contributed by atoms with Gasteiger partial charge in [-0.25, -0.2) is 45.6 Å². The summed E-state index contributed by atoms with van der Waals surface area (Å²) in [7, 11) is 1.00. The standard InChI is InChI=1S/C41H42F4N8O2.C40H40F4N8O3.CH4O/c1-4-37(28(2)3)53-39(54)52(27-48-53)34-14-12-33(13-15-34)50-22-20-49(21-23-50)32-10-6-29(7-11-32)30-8-17-38(46-25-30)41(44,45)40(55,26-51-19-5-18-47-51)35-16-9-31(42)24-36(35)43;1-3-36(27(2)53)52-38(54)51(26-47-52)33-13-11-32(12-14-33)49-21-19-48(20-22-49)31-9-5-28(6-10-31)29-7-16-37(45-24-29)40(43,44)39(55,25-50-18-4-17-46-50)34-15-8-30(41)23-35(34)42;1-2/h5-19,24-25,27-28,37,55H,4,20-23,26H2,1-3H3;4-18,23-24,26-27,36,53,55H,3,19-22,25H2,1-2H3;2H,1H3/t37-,40?;27-,36-,39?;/m00./s1. The van der Waals surface area contributed by atoms with E-state index in [4.69, 9.17) is 5.11 Å². The third-order valence-corrected chi connectivity index (χ3v) is 20.7. The second kappa shape index (κ2) is 33.9. The summed E-state index contributed by atoms with van der Waals surface area (Å²) in [6.07, 6.45) is 11.7.